The predicted molar refractivity (Wildman–Crippen MR) is 227 cm³/mol. The van der Waals surface area contributed by atoms with E-state index in [4.69, 9.17) is 26.5 Å². The van der Waals surface area contributed by atoms with E-state index in [1.807, 2.05) is 146 Å². The smallest absolute Gasteiger partial charge is 0.164 e. The van der Waals surface area contributed by atoms with Crippen LogP contribution in [0.2, 0.25) is 0 Å². The van der Waals surface area contributed by atoms with Crippen LogP contribution in [-0.2, 0) is 0 Å². The van der Waals surface area contributed by atoms with Gasteiger partial charge in [0.25, 0.3) is 0 Å². The largest absolute Gasteiger partial charge is 0.456 e. The lowest BCUT2D eigenvalue weighted by molar-refractivity contribution is 0.668. The van der Waals surface area contributed by atoms with Gasteiger partial charge >= 0.3 is 0 Å². The van der Waals surface area contributed by atoms with Crippen LogP contribution in [-0.4, -0.2) is 15.0 Å². The van der Waals surface area contributed by atoms with Crippen LogP contribution in [0, 0.1) is 0 Å². The van der Waals surface area contributed by atoms with E-state index in [-0.39, 0.29) is 86.8 Å². The van der Waals surface area contributed by atoms with E-state index in [0.29, 0.717) is 27.9 Å². The van der Waals surface area contributed by atoms with E-state index in [2.05, 4.69) is 0 Å². The highest BCUT2D eigenvalue weighted by Crippen LogP contribution is 2.38. The van der Waals surface area contributed by atoms with E-state index in [9.17, 15) is 5.48 Å². The molecule has 11 aromatic rings. The third-order valence-corrected chi connectivity index (χ3v) is 10.0. The van der Waals surface area contributed by atoms with Crippen LogP contribution >= 0.6 is 0 Å². The molecule has 11 rings (SSSR count). The van der Waals surface area contributed by atoms with Gasteiger partial charge in [0.05, 0.1) is 8.22 Å². The molecule has 0 fully saturated rings. The number of fused-ring (bicyclic) bond motifs is 6. The lowest BCUT2D eigenvalue weighted by atomic mass is 9.98. The minimum Gasteiger partial charge on any atom is -0.456 e. The van der Waals surface area contributed by atoms with Gasteiger partial charge in [-0.25, -0.2) is 15.0 Å². The van der Waals surface area contributed by atoms with Crippen molar-refractivity contribution in [2.24, 2.45) is 0 Å². The van der Waals surface area contributed by atoms with Crippen LogP contribution in [0.5, 0.6) is 0 Å². The fourth-order valence-corrected chi connectivity index (χ4v) is 7.27. The van der Waals surface area contributed by atoms with Gasteiger partial charge in [-0.15, -0.1) is 0 Å². The van der Waals surface area contributed by atoms with Crippen molar-refractivity contribution in [1.29, 1.82) is 0 Å². The van der Waals surface area contributed by atoms with Crippen LogP contribution in [0.1, 0.15) is 8.22 Å². The Morgan fingerprint density at radius 1 is 0.339 bits per heavy atom. The first-order valence-electron chi connectivity index (χ1n) is 21.2. The van der Waals surface area contributed by atoms with Crippen molar-refractivity contribution in [3.05, 3.63) is 188 Å². The van der Waals surface area contributed by atoms with E-state index in [1.165, 1.54) is 0 Å². The van der Waals surface area contributed by atoms with Crippen molar-refractivity contribution < 1.29 is 17.1 Å². The molecule has 5 heteroatoms. The summed E-state index contributed by atoms with van der Waals surface area (Å²) in [6, 6.07) is 46.7. The van der Waals surface area contributed by atoms with Crippen LogP contribution in [0.25, 0.3) is 111 Å². The second kappa shape index (κ2) is 13.0. The number of hydrogen-bond acceptors (Lipinski definition) is 5. The molecule has 3 heterocycles. The topological polar surface area (TPSA) is 65.0 Å². The van der Waals surface area contributed by atoms with Crippen molar-refractivity contribution in [1.82, 2.24) is 15.0 Å². The van der Waals surface area contributed by atoms with Crippen molar-refractivity contribution in [2.45, 2.75) is 0 Å². The Balaban J connectivity index is 1.13. The standard InChI is InChI=1S/C51H31N3O2/c1-3-11-32(12-4-1)34-21-23-35(24-22-34)49-52-50(54-51(53-49)42-18-10-20-46-48(42)41-17-7-8-19-44(41)55-46)39-25-27-40-43-30-38(26-28-45(43)56-47(40)31-39)37-16-9-15-36(29-37)33-13-5-2-6-14-33/h1-31H/i25D,26D,27D,28D,30D,31D. The van der Waals surface area contributed by atoms with Gasteiger partial charge in [-0.2, -0.15) is 0 Å². The third-order valence-electron chi connectivity index (χ3n) is 10.0. The average Bonchev–Trinajstić information content (AvgIpc) is 3.92. The first-order valence-corrected chi connectivity index (χ1v) is 18.2. The van der Waals surface area contributed by atoms with Gasteiger partial charge < -0.3 is 8.83 Å². The highest BCUT2D eigenvalue weighted by atomic mass is 16.3. The molecule has 3 aromatic heterocycles. The van der Waals surface area contributed by atoms with Gasteiger partial charge in [0.15, 0.2) is 17.5 Å². The Morgan fingerprint density at radius 2 is 0.911 bits per heavy atom. The number of furan rings is 2. The molecule has 0 unspecified atom stereocenters. The van der Waals surface area contributed by atoms with Crippen LogP contribution in [0.4, 0.5) is 0 Å². The molecule has 0 atom stereocenters. The molecule has 0 aliphatic heterocycles. The molecule has 0 radical (unpaired) electrons. The van der Waals surface area contributed by atoms with Crippen LogP contribution in [0.15, 0.2) is 197 Å². The quantitative estimate of drug-likeness (QED) is 0.171. The molecule has 0 N–H and O–H groups in total. The summed E-state index contributed by atoms with van der Waals surface area (Å²) >= 11 is 0. The molecular weight excluding hydrogens is 687 g/mol. The Bertz CT molecular complexity index is 3590. The summed E-state index contributed by atoms with van der Waals surface area (Å²) in [4.78, 5) is 14.8. The zero-order valence-corrected chi connectivity index (χ0v) is 29.6. The Hall–Kier alpha value is -7.63. The minimum absolute atomic E-state index is 0.0235. The summed E-state index contributed by atoms with van der Waals surface area (Å²) in [5, 5.41) is 1.79. The predicted octanol–water partition coefficient (Wildman–Crippen LogP) is 13.7. The summed E-state index contributed by atoms with van der Waals surface area (Å²) in [6.45, 7) is 0. The monoisotopic (exact) mass is 723 g/mol. The summed E-state index contributed by atoms with van der Waals surface area (Å²) < 4.78 is 68.5. The molecule has 0 saturated carbocycles. The van der Waals surface area contributed by atoms with E-state index in [1.54, 1.807) is 6.07 Å². The van der Waals surface area contributed by atoms with E-state index >= 15 is 0 Å². The molecular formula is C51H31N3O2. The Labute approximate surface area is 330 Å². The molecule has 0 bridgehead atoms. The van der Waals surface area contributed by atoms with Crippen molar-refractivity contribution in [3.63, 3.8) is 0 Å². The summed E-state index contributed by atoms with van der Waals surface area (Å²) in [7, 11) is 0. The number of rotatable bonds is 6. The number of aromatic nitrogens is 3. The van der Waals surface area contributed by atoms with Crippen molar-refractivity contribution in [2.75, 3.05) is 0 Å². The van der Waals surface area contributed by atoms with Gasteiger partial charge in [0.2, 0.25) is 0 Å². The number of para-hydroxylation sites is 1. The second-order valence-corrected chi connectivity index (χ2v) is 13.5. The fraction of sp³-hybridized carbons (Fsp3) is 0. The molecule has 0 amide bonds. The second-order valence-electron chi connectivity index (χ2n) is 13.5. The number of hydrogen-bond donors (Lipinski definition) is 0. The van der Waals surface area contributed by atoms with Gasteiger partial charge in [0.1, 0.15) is 22.3 Å². The van der Waals surface area contributed by atoms with Crippen molar-refractivity contribution in [3.8, 4) is 67.5 Å². The highest BCUT2D eigenvalue weighted by molar-refractivity contribution is 6.12. The highest BCUT2D eigenvalue weighted by Gasteiger charge is 2.19. The zero-order chi connectivity index (χ0) is 42.2. The summed E-state index contributed by atoms with van der Waals surface area (Å²) in [6.07, 6.45) is 0. The molecule has 0 spiro atoms. The van der Waals surface area contributed by atoms with Gasteiger partial charge in [-0.05, 0) is 75.7 Å². The number of benzene rings is 8. The maximum Gasteiger partial charge on any atom is 0.164 e. The maximum absolute atomic E-state index is 9.59. The lowest BCUT2D eigenvalue weighted by Crippen LogP contribution is -2.00. The fourth-order valence-electron chi connectivity index (χ4n) is 7.27. The van der Waals surface area contributed by atoms with E-state index < -0.39 is 0 Å². The SMILES string of the molecule is [2H]c1c(-c2cccc(-c3ccccc3)c2)c([2H])c2c(oc3c([2H])c(-c4nc(-c5ccc(-c6ccccc6)cc5)nc(-c5cccc6oc7ccccc7c56)n4)c([2H])c([2H])c32)c1[2H]. The van der Waals surface area contributed by atoms with Gasteiger partial charge in [0, 0.05) is 38.2 Å². The summed E-state index contributed by atoms with van der Waals surface area (Å²) in [5.74, 6) is 0.532. The summed E-state index contributed by atoms with van der Waals surface area (Å²) in [5.41, 5.74) is 6.98. The average molecular weight is 724 g/mol. The van der Waals surface area contributed by atoms with Crippen molar-refractivity contribution >= 4 is 43.9 Å². The Morgan fingerprint density at radius 3 is 1.71 bits per heavy atom. The van der Waals surface area contributed by atoms with E-state index in [0.717, 1.165) is 33.0 Å². The molecule has 0 saturated heterocycles. The molecule has 5 nitrogen and oxygen atoms in total. The first kappa shape index (κ1) is 26.2. The normalized spacial score (nSPS) is 13.1. The lowest BCUT2D eigenvalue weighted by Gasteiger charge is -2.10. The van der Waals surface area contributed by atoms with Crippen LogP contribution in [0.3, 0.4) is 0 Å². The zero-order valence-electron chi connectivity index (χ0n) is 35.6. The van der Waals surface area contributed by atoms with Crippen LogP contribution < -0.4 is 0 Å². The van der Waals surface area contributed by atoms with Gasteiger partial charge in [-0.1, -0.05) is 146 Å². The number of nitrogens with zero attached hydrogens (tertiary/aromatic N) is 3. The first-order chi connectivity index (χ1) is 30.2. The molecule has 56 heavy (non-hydrogen) atoms. The maximum atomic E-state index is 9.59. The molecule has 262 valence electrons. The third kappa shape index (κ3) is 5.53. The van der Waals surface area contributed by atoms with Gasteiger partial charge in [-0.3, -0.25) is 0 Å². The molecule has 0 aliphatic carbocycles. The molecule has 0 aliphatic rings. The molecule has 8 aromatic carbocycles. The Kier molecular flexibility index (Phi) is 6.10. The minimum atomic E-state index is -0.354.